The third-order valence-corrected chi connectivity index (χ3v) is 3.44. The van der Waals surface area contributed by atoms with Gasteiger partial charge < -0.3 is 10.8 Å². The topological polar surface area (TPSA) is 46.2 Å². The van der Waals surface area contributed by atoms with Crippen LogP contribution in [0.4, 0.5) is 0 Å². The average molecular weight is 280 g/mol. The molecule has 0 saturated carbocycles. The van der Waals surface area contributed by atoms with Crippen LogP contribution in [0.1, 0.15) is 44.2 Å². The summed E-state index contributed by atoms with van der Waals surface area (Å²) in [5.41, 5.74) is 7.14. The molecule has 3 N–H and O–H groups in total. The van der Waals surface area contributed by atoms with E-state index in [0.29, 0.717) is 5.75 Å². The second-order valence-corrected chi connectivity index (χ2v) is 4.82. The molecule has 0 fully saturated rings. The number of benzene rings is 2. The maximum Gasteiger partial charge on any atom is 0.120 e. The second kappa shape index (κ2) is 7.37. The lowest BCUT2D eigenvalue weighted by atomic mass is 9.95. The van der Waals surface area contributed by atoms with E-state index in [4.69, 9.17) is 5.73 Å². The molecule has 2 aromatic carbocycles. The fourth-order valence-corrected chi connectivity index (χ4v) is 2.43. The molecule has 0 aliphatic carbocycles. The SMILES string of the molecule is CCCCC[C@@H](N)c1c(O)ccc2ccccc12.Cl. The van der Waals surface area contributed by atoms with Gasteiger partial charge in [0.25, 0.3) is 0 Å². The Hall–Kier alpha value is -1.25. The lowest BCUT2D eigenvalue weighted by Crippen LogP contribution is -2.11. The van der Waals surface area contributed by atoms with E-state index < -0.39 is 0 Å². The molecule has 0 bridgehead atoms. The monoisotopic (exact) mass is 279 g/mol. The predicted octanol–water partition coefficient (Wildman–Crippen LogP) is 4.55. The van der Waals surface area contributed by atoms with Gasteiger partial charge in [-0.3, -0.25) is 0 Å². The van der Waals surface area contributed by atoms with Gasteiger partial charge in [0.1, 0.15) is 5.75 Å². The van der Waals surface area contributed by atoms with Gasteiger partial charge in [-0.1, -0.05) is 56.5 Å². The molecular weight excluding hydrogens is 258 g/mol. The third kappa shape index (κ3) is 3.62. The second-order valence-electron chi connectivity index (χ2n) is 4.82. The first-order valence-corrected chi connectivity index (χ1v) is 6.70. The Labute approximate surface area is 121 Å². The lowest BCUT2D eigenvalue weighted by Gasteiger charge is -2.16. The zero-order chi connectivity index (χ0) is 13.0. The summed E-state index contributed by atoms with van der Waals surface area (Å²) in [6.45, 7) is 2.18. The Kier molecular flexibility index (Phi) is 6.13. The van der Waals surface area contributed by atoms with Crippen LogP contribution in [0.15, 0.2) is 36.4 Å². The number of unbranched alkanes of at least 4 members (excludes halogenated alkanes) is 2. The molecule has 0 aliphatic rings. The normalized spacial score (nSPS) is 12.1. The first kappa shape index (κ1) is 15.8. The van der Waals surface area contributed by atoms with Gasteiger partial charge in [0.05, 0.1) is 0 Å². The lowest BCUT2D eigenvalue weighted by molar-refractivity contribution is 0.457. The Morgan fingerprint density at radius 3 is 2.58 bits per heavy atom. The summed E-state index contributed by atoms with van der Waals surface area (Å²) in [5.74, 6) is 0.317. The number of hydrogen-bond acceptors (Lipinski definition) is 2. The highest BCUT2D eigenvalue weighted by atomic mass is 35.5. The van der Waals surface area contributed by atoms with Crippen LogP contribution in [0.25, 0.3) is 10.8 Å². The Morgan fingerprint density at radius 2 is 1.84 bits per heavy atom. The smallest absolute Gasteiger partial charge is 0.120 e. The van der Waals surface area contributed by atoms with Gasteiger partial charge in [-0.2, -0.15) is 0 Å². The van der Waals surface area contributed by atoms with Gasteiger partial charge in [0.15, 0.2) is 0 Å². The molecule has 2 rings (SSSR count). The molecule has 1 atom stereocenters. The van der Waals surface area contributed by atoms with Crippen LogP contribution in [0.5, 0.6) is 5.75 Å². The third-order valence-electron chi connectivity index (χ3n) is 3.44. The molecule has 0 aliphatic heterocycles. The molecule has 2 nitrogen and oxygen atoms in total. The van der Waals surface area contributed by atoms with Crippen LogP contribution in [-0.2, 0) is 0 Å². The predicted molar refractivity (Wildman–Crippen MR) is 83.9 cm³/mol. The summed E-state index contributed by atoms with van der Waals surface area (Å²) in [5, 5.41) is 12.3. The maximum absolute atomic E-state index is 10.1. The van der Waals surface area contributed by atoms with Crippen LogP contribution in [0, 0.1) is 0 Å². The zero-order valence-corrected chi connectivity index (χ0v) is 12.1. The van der Waals surface area contributed by atoms with Crippen molar-refractivity contribution in [3.8, 4) is 5.75 Å². The summed E-state index contributed by atoms with van der Waals surface area (Å²) in [6, 6.07) is 11.7. The fraction of sp³-hybridized carbons (Fsp3) is 0.375. The van der Waals surface area contributed by atoms with Gasteiger partial charge in [-0.05, 0) is 23.3 Å². The zero-order valence-electron chi connectivity index (χ0n) is 11.3. The molecule has 0 radical (unpaired) electrons. The van der Waals surface area contributed by atoms with Gasteiger partial charge in [0.2, 0.25) is 0 Å². The number of fused-ring (bicyclic) bond motifs is 1. The largest absolute Gasteiger partial charge is 0.508 e. The van der Waals surface area contributed by atoms with Crippen molar-refractivity contribution in [1.82, 2.24) is 0 Å². The van der Waals surface area contributed by atoms with Crippen molar-refractivity contribution in [2.75, 3.05) is 0 Å². The van der Waals surface area contributed by atoms with Gasteiger partial charge in [-0.15, -0.1) is 12.4 Å². The summed E-state index contributed by atoms with van der Waals surface area (Å²) >= 11 is 0. The molecule has 19 heavy (non-hydrogen) atoms. The van der Waals surface area contributed by atoms with Crippen LogP contribution in [0.2, 0.25) is 0 Å². The van der Waals surface area contributed by atoms with Crippen molar-refractivity contribution < 1.29 is 5.11 Å². The molecule has 104 valence electrons. The van der Waals surface area contributed by atoms with Crippen LogP contribution in [-0.4, -0.2) is 5.11 Å². The molecule has 0 aromatic heterocycles. The van der Waals surface area contributed by atoms with Gasteiger partial charge in [0, 0.05) is 11.6 Å². The minimum absolute atomic E-state index is 0. The molecule has 2 aromatic rings. The van der Waals surface area contributed by atoms with Gasteiger partial charge in [-0.25, -0.2) is 0 Å². The highest BCUT2D eigenvalue weighted by molar-refractivity contribution is 5.88. The molecule has 0 saturated heterocycles. The summed E-state index contributed by atoms with van der Waals surface area (Å²) in [6.07, 6.45) is 4.42. The van der Waals surface area contributed by atoms with Crippen molar-refractivity contribution in [3.05, 3.63) is 42.0 Å². The van der Waals surface area contributed by atoms with E-state index >= 15 is 0 Å². The highest BCUT2D eigenvalue weighted by Gasteiger charge is 2.14. The molecule has 0 heterocycles. The Balaban J connectivity index is 0.00000180. The van der Waals surface area contributed by atoms with Crippen molar-refractivity contribution in [3.63, 3.8) is 0 Å². The van der Waals surface area contributed by atoms with E-state index in [-0.39, 0.29) is 18.4 Å². The van der Waals surface area contributed by atoms with E-state index in [9.17, 15) is 5.11 Å². The number of aromatic hydroxyl groups is 1. The van der Waals surface area contributed by atoms with Crippen LogP contribution < -0.4 is 5.73 Å². The minimum atomic E-state index is -0.0809. The number of hydrogen-bond donors (Lipinski definition) is 2. The Bertz CT molecular complexity index is 527. The van der Waals surface area contributed by atoms with Gasteiger partial charge >= 0.3 is 0 Å². The minimum Gasteiger partial charge on any atom is -0.508 e. The maximum atomic E-state index is 10.1. The molecule has 0 amide bonds. The van der Waals surface area contributed by atoms with Crippen molar-refractivity contribution in [2.45, 2.75) is 38.6 Å². The summed E-state index contributed by atoms with van der Waals surface area (Å²) in [7, 11) is 0. The first-order valence-electron chi connectivity index (χ1n) is 6.70. The van der Waals surface area contributed by atoms with Crippen molar-refractivity contribution in [2.24, 2.45) is 5.73 Å². The highest BCUT2D eigenvalue weighted by Crippen LogP contribution is 2.33. The number of rotatable bonds is 5. The van der Waals surface area contributed by atoms with E-state index in [1.54, 1.807) is 6.07 Å². The van der Waals surface area contributed by atoms with Crippen molar-refractivity contribution >= 4 is 23.2 Å². The average Bonchev–Trinajstić information content (AvgIpc) is 2.38. The molecule has 0 spiro atoms. The number of halogens is 1. The van der Waals surface area contributed by atoms with E-state index in [2.05, 4.69) is 13.0 Å². The number of phenolic OH excluding ortho intramolecular Hbond substituents is 1. The van der Waals surface area contributed by atoms with E-state index in [1.807, 2.05) is 24.3 Å². The Morgan fingerprint density at radius 1 is 1.11 bits per heavy atom. The number of nitrogens with two attached hydrogens (primary N) is 1. The molecule has 3 heteroatoms. The summed E-state index contributed by atoms with van der Waals surface area (Å²) < 4.78 is 0. The van der Waals surface area contributed by atoms with Crippen molar-refractivity contribution in [1.29, 1.82) is 0 Å². The van der Waals surface area contributed by atoms with E-state index in [1.165, 1.54) is 12.8 Å². The molecular formula is C16H22ClNO. The quantitative estimate of drug-likeness (QED) is 0.789. The summed E-state index contributed by atoms with van der Waals surface area (Å²) in [4.78, 5) is 0. The van der Waals surface area contributed by atoms with Crippen LogP contribution in [0.3, 0.4) is 0 Å². The fourth-order valence-electron chi connectivity index (χ4n) is 2.43. The molecule has 0 unspecified atom stereocenters. The number of phenols is 1. The standard InChI is InChI=1S/C16H21NO.ClH/c1-2-3-4-9-14(17)16-13-8-6-5-7-12(13)10-11-15(16)18;/h5-8,10-11,14,18H,2-4,9,17H2,1H3;1H/t14-;/m1./s1. The van der Waals surface area contributed by atoms with Crippen LogP contribution >= 0.6 is 12.4 Å². The first-order chi connectivity index (χ1) is 8.74. The van der Waals surface area contributed by atoms with E-state index in [0.717, 1.165) is 29.2 Å².